The van der Waals surface area contributed by atoms with Gasteiger partial charge in [-0.25, -0.2) is 23.1 Å². The fourth-order valence-electron chi connectivity index (χ4n) is 4.35. The SMILES string of the molecule is CC(C)NS(=O)(=O)c1ccccc1Nc1nc(Cc2ccc(O[C@@H]3CCN(C)C3)cc2OC(C)C)ncc1Cl. The molecule has 2 N–H and O–H groups in total. The van der Waals surface area contributed by atoms with Crippen LogP contribution in [0.15, 0.2) is 53.6 Å². The third kappa shape index (κ3) is 7.82. The molecule has 0 amide bonds. The number of halogens is 1. The number of hydrogen-bond acceptors (Lipinski definition) is 8. The molecule has 210 valence electrons. The standard InChI is InChI=1S/C28H36ClN5O4S/c1-18(2)33-39(35,36)26-9-7-6-8-24(26)31-28-23(29)16-30-27(32-28)14-20-10-11-21(15-25(20)37-19(3)4)38-22-12-13-34(5)17-22/h6-11,15-16,18-19,22,33H,12-14,17H2,1-5H3,(H,30,31,32)/t22-/m1/s1. The van der Waals surface area contributed by atoms with E-state index in [1.54, 1.807) is 32.0 Å². The summed E-state index contributed by atoms with van der Waals surface area (Å²) in [5, 5.41) is 3.36. The summed E-state index contributed by atoms with van der Waals surface area (Å²) in [6, 6.07) is 12.2. The van der Waals surface area contributed by atoms with Crippen molar-refractivity contribution in [3.8, 4) is 11.5 Å². The van der Waals surface area contributed by atoms with E-state index in [4.69, 9.17) is 21.1 Å². The Bertz CT molecular complexity index is 1400. The number of sulfonamides is 1. The van der Waals surface area contributed by atoms with Gasteiger partial charge in [0.2, 0.25) is 10.0 Å². The molecule has 0 spiro atoms. The summed E-state index contributed by atoms with van der Waals surface area (Å²) >= 11 is 6.41. The molecular formula is C28H36ClN5O4S. The minimum atomic E-state index is -3.75. The molecule has 0 unspecified atom stereocenters. The lowest BCUT2D eigenvalue weighted by molar-refractivity contribution is 0.204. The first kappa shape index (κ1) is 29.1. The molecule has 0 aliphatic carbocycles. The number of hydrogen-bond donors (Lipinski definition) is 2. The minimum absolute atomic E-state index is 0.0297. The van der Waals surface area contributed by atoms with Crippen molar-refractivity contribution >= 4 is 33.1 Å². The van der Waals surface area contributed by atoms with Gasteiger partial charge >= 0.3 is 0 Å². The van der Waals surface area contributed by atoms with Gasteiger partial charge in [0, 0.05) is 37.2 Å². The summed E-state index contributed by atoms with van der Waals surface area (Å²) in [4.78, 5) is 11.4. The molecular weight excluding hydrogens is 538 g/mol. The molecule has 11 heteroatoms. The fraction of sp³-hybridized carbons (Fsp3) is 0.429. The molecule has 1 aliphatic heterocycles. The van der Waals surface area contributed by atoms with Crippen LogP contribution >= 0.6 is 11.6 Å². The van der Waals surface area contributed by atoms with E-state index < -0.39 is 10.0 Å². The van der Waals surface area contributed by atoms with E-state index in [-0.39, 0.29) is 28.2 Å². The second-order valence-electron chi connectivity index (χ2n) is 10.3. The van der Waals surface area contributed by atoms with Gasteiger partial charge in [-0.05, 0) is 59.4 Å². The van der Waals surface area contributed by atoms with E-state index in [0.717, 1.165) is 30.8 Å². The summed E-state index contributed by atoms with van der Waals surface area (Å²) in [5.41, 5.74) is 1.26. The van der Waals surface area contributed by atoms with Crippen LogP contribution < -0.4 is 19.5 Å². The monoisotopic (exact) mass is 573 g/mol. The van der Waals surface area contributed by atoms with E-state index in [9.17, 15) is 8.42 Å². The van der Waals surface area contributed by atoms with E-state index >= 15 is 0 Å². The molecule has 1 aliphatic rings. The maximum Gasteiger partial charge on any atom is 0.242 e. The van der Waals surface area contributed by atoms with Gasteiger partial charge in [-0.1, -0.05) is 29.8 Å². The number of benzene rings is 2. The van der Waals surface area contributed by atoms with Crippen molar-refractivity contribution < 1.29 is 17.9 Å². The molecule has 2 heterocycles. The lowest BCUT2D eigenvalue weighted by Gasteiger charge is -2.18. The summed E-state index contributed by atoms with van der Waals surface area (Å²) in [5.74, 6) is 2.28. The number of para-hydroxylation sites is 1. The Morgan fingerprint density at radius 1 is 1.15 bits per heavy atom. The van der Waals surface area contributed by atoms with Crippen LogP contribution in [0.25, 0.3) is 0 Å². The second-order valence-corrected chi connectivity index (χ2v) is 12.4. The normalized spacial score (nSPS) is 16.2. The van der Waals surface area contributed by atoms with E-state index in [1.165, 1.54) is 12.3 Å². The predicted octanol–water partition coefficient (Wildman–Crippen LogP) is 5.02. The summed E-state index contributed by atoms with van der Waals surface area (Å²) < 4.78 is 40.7. The lowest BCUT2D eigenvalue weighted by atomic mass is 10.1. The minimum Gasteiger partial charge on any atom is -0.491 e. The molecule has 9 nitrogen and oxygen atoms in total. The van der Waals surface area contributed by atoms with Crippen molar-refractivity contribution in [3.63, 3.8) is 0 Å². The van der Waals surface area contributed by atoms with E-state index in [2.05, 4.69) is 32.0 Å². The lowest BCUT2D eigenvalue weighted by Crippen LogP contribution is -2.30. The van der Waals surface area contributed by atoms with Crippen molar-refractivity contribution in [2.75, 3.05) is 25.5 Å². The fourth-order valence-corrected chi connectivity index (χ4v) is 5.91. The van der Waals surface area contributed by atoms with Crippen LogP contribution in [-0.4, -0.2) is 61.7 Å². The Balaban J connectivity index is 1.58. The second kappa shape index (κ2) is 12.5. The van der Waals surface area contributed by atoms with Crippen LogP contribution in [0.1, 0.15) is 45.5 Å². The highest BCUT2D eigenvalue weighted by atomic mass is 35.5. The molecule has 39 heavy (non-hydrogen) atoms. The number of likely N-dealkylation sites (N-methyl/N-ethyl adjacent to an activating group) is 1. The average molecular weight is 574 g/mol. The topological polar surface area (TPSA) is 106 Å². The largest absolute Gasteiger partial charge is 0.491 e. The average Bonchev–Trinajstić information content (AvgIpc) is 3.26. The maximum atomic E-state index is 12.9. The van der Waals surface area contributed by atoms with Gasteiger partial charge in [-0.2, -0.15) is 0 Å². The highest BCUT2D eigenvalue weighted by Crippen LogP contribution is 2.31. The molecule has 0 saturated carbocycles. The van der Waals surface area contributed by atoms with Crippen molar-refractivity contribution in [2.24, 2.45) is 0 Å². The Morgan fingerprint density at radius 2 is 1.92 bits per heavy atom. The molecule has 1 saturated heterocycles. The third-order valence-electron chi connectivity index (χ3n) is 6.02. The Morgan fingerprint density at radius 3 is 2.62 bits per heavy atom. The Kier molecular flexibility index (Phi) is 9.32. The highest BCUT2D eigenvalue weighted by Gasteiger charge is 2.22. The Labute approximate surface area is 236 Å². The van der Waals surface area contributed by atoms with Crippen LogP contribution in [0.4, 0.5) is 11.5 Å². The highest BCUT2D eigenvalue weighted by molar-refractivity contribution is 7.89. The smallest absolute Gasteiger partial charge is 0.242 e. The van der Waals surface area contributed by atoms with Gasteiger partial charge in [0.05, 0.1) is 18.0 Å². The number of aromatic nitrogens is 2. The zero-order valence-corrected chi connectivity index (χ0v) is 24.5. The van der Waals surface area contributed by atoms with Gasteiger partial charge in [0.25, 0.3) is 0 Å². The summed E-state index contributed by atoms with van der Waals surface area (Å²) in [6.45, 7) is 9.41. The molecule has 4 rings (SSSR count). The van der Waals surface area contributed by atoms with Crippen LogP contribution in [0.2, 0.25) is 5.02 Å². The van der Waals surface area contributed by atoms with E-state index in [0.29, 0.717) is 29.5 Å². The number of anilines is 2. The first-order valence-corrected chi connectivity index (χ1v) is 14.9. The summed E-state index contributed by atoms with van der Waals surface area (Å²) in [7, 11) is -1.65. The molecule has 2 aromatic carbocycles. The molecule has 1 aromatic heterocycles. The summed E-state index contributed by atoms with van der Waals surface area (Å²) in [6.07, 6.45) is 3.01. The van der Waals surface area contributed by atoms with Crippen LogP contribution in [-0.2, 0) is 16.4 Å². The van der Waals surface area contributed by atoms with Gasteiger partial charge in [0.15, 0.2) is 5.82 Å². The molecule has 1 fully saturated rings. The number of rotatable bonds is 11. The van der Waals surface area contributed by atoms with Crippen molar-refractivity contribution in [2.45, 2.75) is 63.7 Å². The van der Waals surface area contributed by atoms with Crippen molar-refractivity contribution in [1.29, 1.82) is 0 Å². The molecule has 0 radical (unpaired) electrons. The number of nitrogens with zero attached hydrogens (tertiary/aromatic N) is 3. The molecule has 0 bridgehead atoms. The van der Waals surface area contributed by atoms with Crippen LogP contribution in [0, 0.1) is 0 Å². The van der Waals surface area contributed by atoms with E-state index in [1.807, 2.05) is 32.0 Å². The third-order valence-corrected chi connectivity index (χ3v) is 8.01. The first-order valence-electron chi connectivity index (χ1n) is 13.0. The first-order chi connectivity index (χ1) is 18.5. The molecule has 1 atom stereocenters. The van der Waals surface area contributed by atoms with Crippen molar-refractivity contribution in [1.82, 2.24) is 19.6 Å². The number of nitrogens with one attached hydrogen (secondary N) is 2. The van der Waals surface area contributed by atoms with Gasteiger partial charge in [0.1, 0.15) is 33.3 Å². The maximum absolute atomic E-state index is 12.9. The zero-order valence-electron chi connectivity index (χ0n) is 22.9. The predicted molar refractivity (Wildman–Crippen MR) is 154 cm³/mol. The molecule has 3 aromatic rings. The number of ether oxygens (including phenoxy) is 2. The van der Waals surface area contributed by atoms with Crippen molar-refractivity contribution in [3.05, 3.63) is 65.1 Å². The van der Waals surface area contributed by atoms with Crippen LogP contribution in [0.3, 0.4) is 0 Å². The number of likely N-dealkylation sites (tertiary alicyclic amines) is 1. The van der Waals surface area contributed by atoms with Gasteiger partial charge < -0.3 is 19.7 Å². The van der Waals surface area contributed by atoms with Gasteiger partial charge in [-0.3, -0.25) is 0 Å². The Hall–Kier alpha value is -2.92. The quantitative estimate of drug-likeness (QED) is 0.329. The zero-order chi connectivity index (χ0) is 28.2. The van der Waals surface area contributed by atoms with Crippen LogP contribution in [0.5, 0.6) is 11.5 Å². The van der Waals surface area contributed by atoms with Gasteiger partial charge in [-0.15, -0.1) is 0 Å².